The molecule has 126 valence electrons. The summed E-state index contributed by atoms with van der Waals surface area (Å²) in [6.45, 7) is 1.78. The number of halogens is 1. The van der Waals surface area contributed by atoms with Crippen LogP contribution in [0.4, 0.5) is 4.39 Å². The molecule has 0 radical (unpaired) electrons. The summed E-state index contributed by atoms with van der Waals surface area (Å²) in [6, 6.07) is 5.48. The monoisotopic (exact) mass is 323 g/mol. The highest BCUT2D eigenvalue weighted by molar-refractivity contribution is 5.83. The van der Waals surface area contributed by atoms with Crippen molar-refractivity contribution in [1.82, 2.24) is 15.1 Å². The standard InChI is InChI=1S/C16H22FN3O3/c1-18-16(22)14-11-20(8-7-19(14)2)15(21)6-9-23-13-5-3-4-12(17)10-13/h3-5,10,14H,6-9,11H2,1-2H3,(H,18,22)/t14-/m0/s1. The quantitative estimate of drug-likeness (QED) is 0.856. The summed E-state index contributed by atoms with van der Waals surface area (Å²) < 4.78 is 18.4. The lowest BCUT2D eigenvalue weighted by Crippen LogP contribution is -2.58. The van der Waals surface area contributed by atoms with E-state index in [1.54, 1.807) is 24.1 Å². The molecule has 0 unspecified atom stereocenters. The predicted molar refractivity (Wildman–Crippen MR) is 83.6 cm³/mol. The van der Waals surface area contributed by atoms with Crippen LogP contribution >= 0.6 is 0 Å². The molecule has 1 aliphatic rings. The molecule has 0 aromatic heterocycles. The van der Waals surface area contributed by atoms with E-state index < -0.39 is 0 Å². The first-order valence-corrected chi connectivity index (χ1v) is 7.59. The van der Waals surface area contributed by atoms with Gasteiger partial charge in [0, 0.05) is 32.7 Å². The Labute approximate surface area is 135 Å². The fourth-order valence-corrected chi connectivity index (χ4v) is 2.52. The van der Waals surface area contributed by atoms with Crippen LogP contribution in [0.5, 0.6) is 5.75 Å². The van der Waals surface area contributed by atoms with E-state index in [2.05, 4.69) is 5.32 Å². The van der Waals surface area contributed by atoms with Crippen LogP contribution in [0, 0.1) is 5.82 Å². The van der Waals surface area contributed by atoms with Crippen molar-refractivity contribution in [2.75, 3.05) is 40.3 Å². The van der Waals surface area contributed by atoms with Gasteiger partial charge < -0.3 is 15.0 Å². The topological polar surface area (TPSA) is 61.9 Å². The van der Waals surface area contributed by atoms with Crippen molar-refractivity contribution in [3.05, 3.63) is 30.1 Å². The Bertz CT molecular complexity index is 567. The largest absolute Gasteiger partial charge is 0.493 e. The second kappa shape index (κ2) is 7.92. The molecule has 2 rings (SSSR count). The van der Waals surface area contributed by atoms with E-state index in [0.29, 0.717) is 25.4 Å². The average molecular weight is 323 g/mol. The second-order valence-electron chi connectivity index (χ2n) is 5.51. The first-order valence-electron chi connectivity index (χ1n) is 7.59. The van der Waals surface area contributed by atoms with Crippen molar-refractivity contribution < 1.29 is 18.7 Å². The van der Waals surface area contributed by atoms with Crippen LogP contribution in [0.2, 0.25) is 0 Å². The fourth-order valence-electron chi connectivity index (χ4n) is 2.52. The summed E-state index contributed by atoms with van der Waals surface area (Å²) in [5.41, 5.74) is 0. The minimum absolute atomic E-state index is 0.0663. The van der Waals surface area contributed by atoms with Crippen LogP contribution in [-0.2, 0) is 9.59 Å². The molecule has 1 N–H and O–H groups in total. The highest BCUT2D eigenvalue weighted by Gasteiger charge is 2.31. The van der Waals surface area contributed by atoms with Gasteiger partial charge in [-0.3, -0.25) is 14.5 Å². The summed E-state index contributed by atoms with van der Waals surface area (Å²) in [5.74, 6) is -0.134. The minimum atomic E-state index is -0.374. The molecule has 1 saturated heterocycles. The van der Waals surface area contributed by atoms with Crippen LogP contribution < -0.4 is 10.1 Å². The number of amides is 2. The first kappa shape index (κ1) is 17.2. The van der Waals surface area contributed by atoms with E-state index in [4.69, 9.17) is 4.74 Å². The van der Waals surface area contributed by atoms with Crippen molar-refractivity contribution in [2.24, 2.45) is 0 Å². The Morgan fingerprint density at radius 3 is 2.87 bits per heavy atom. The predicted octanol–water partition coefficient (Wildman–Crippen LogP) is 0.483. The fraction of sp³-hybridized carbons (Fsp3) is 0.500. The van der Waals surface area contributed by atoms with Gasteiger partial charge in [0.05, 0.1) is 13.0 Å². The van der Waals surface area contributed by atoms with E-state index in [9.17, 15) is 14.0 Å². The van der Waals surface area contributed by atoms with Gasteiger partial charge in [0.15, 0.2) is 0 Å². The summed E-state index contributed by atoms with van der Waals surface area (Å²) in [5, 5.41) is 2.62. The molecule has 1 heterocycles. The van der Waals surface area contributed by atoms with Crippen LogP contribution in [0.15, 0.2) is 24.3 Å². The highest BCUT2D eigenvalue weighted by atomic mass is 19.1. The Hall–Kier alpha value is -2.15. The molecule has 2 amide bonds. The Morgan fingerprint density at radius 1 is 1.39 bits per heavy atom. The maximum Gasteiger partial charge on any atom is 0.238 e. The van der Waals surface area contributed by atoms with Gasteiger partial charge in [0.1, 0.15) is 17.6 Å². The lowest BCUT2D eigenvalue weighted by atomic mass is 10.1. The molecule has 0 saturated carbocycles. The van der Waals surface area contributed by atoms with Crippen molar-refractivity contribution in [2.45, 2.75) is 12.5 Å². The normalized spacial score (nSPS) is 18.6. The maximum atomic E-state index is 13.0. The maximum absolute atomic E-state index is 13.0. The molecule has 1 aromatic carbocycles. The van der Waals surface area contributed by atoms with E-state index in [1.807, 2.05) is 11.9 Å². The number of carbonyl (C=O) groups is 2. The van der Waals surface area contributed by atoms with Crippen molar-refractivity contribution >= 4 is 11.8 Å². The van der Waals surface area contributed by atoms with Gasteiger partial charge in [-0.25, -0.2) is 4.39 Å². The average Bonchev–Trinajstić information content (AvgIpc) is 2.54. The molecular weight excluding hydrogens is 301 g/mol. The number of rotatable bonds is 5. The zero-order chi connectivity index (χ0) is 16.8. The van der Waals surface area contributed by atoms with Crippen LogP contribution in [-0.4, -0.2) is 68.0 Å². The number of ether oxygens (including phenoxy) is 1. The summed E-state index contributed by atoms with van der Waals surface area (Å²) in [4.78, 5) is 27.7. The van der Waals surface area contributed by atoms with Crippen LogP contribution in [0.25, 0.3) is 0 Å². The van der Waals surface area contributed by atoms with Crippen molar-refractivity contribution in [3.8, 4) is 5.75 Å². The molecule has 1 atom stereocenters. The molecule has 23 heavy (non-hydrogen) atoms. The molecule has 1 aromatic rings. The molecule has 7 heteroatoms. The van der Waals surface area contributed by atoms with E-state index in [1.165, 1.54) is 12.1 Å². The number of hydrogen-bond donors (Lipinski definition) is 1. The third-order valence-corrected chi connectivity index (χ3v) is 3.93. The molecule has 6 nitrogen and oxygen atoms in total. The van der Waals surface area contributed by atoms with Crippen molar-refractivity contribution in [3.63, 3.8) is 0 Å². The Kier molecular flexibility index (Phi) is 5.92. The van der Waals surface area contributed by atoms with E-state index in [0.717, 1.165) is 0 Å². The highest BCUT2D eigenvalue weighted by Crippen LogP contribution is 2.13. The third kappa shape index (κ3) is 4.66. The number of carbonyl (C=O) groups excluding carboxylic acids is 2. The molecule has 1 fully saturated rings. The van der Waals surface area contributed by atoms with Crippen LogP contribution in [0.3, 0.4) is 0 Å². The summed E-state index contributed by atoms with van der Waals surface area (Å²) in [7, 11) is 3.46. The third-order valence-electron chi connectivity index (χ3n) is 3.93. The smallest absolute Gasteiger partial charge is 0.238 e. The first-order chi connectivity index (χ1) is 11.0. The van der Waals surface area contributed by atoms with E-state index >= 15 is 0 Å². The molecule has 0 bridgehead atoms. The summed E-state index contributed by atoms with van der Waals surface area (Å²) >= 11 is 0. The minimum Gasteiger partial charge on any atom is -0.493 e. The molecular formula is C16H22FN3O3. The Morgan fingerprint density at radius 2 is 2.17 bits per heavy atom. The zero-order valence-corrected chi connectivity index (χ0v) is 13.4. The number of nitrogens with zero attached hydrogens (tertiary/aromatic N) is 2. The number of hydrogen-bond acceptors (Lipinski definition) is 4. The zero-order valence-electron chi connectivity index (χ0n) is 13.4. The second-order valence-corrected chi connectivity index (χ2v) is 5.51. The van der Waals surface area contributed by atoms with Gasteiger partial charge in [-0.2, -0.15) is 0 Å². The lowest BCUT2D eigenvalue weighted by Gasteiger charge is -2.38. The van der Waals surface area contributed by atoms with Gasteiger partial charge in [-0.15, -0.1) is 0 Å². The van der Waals surface area contributed by atoms with Crippen LogP contribution in [0.1, 0.15) is 6.42 Å². The number of likely N-dealkylation sites (N-methyl/N-ethyl adjacent to an activating group) is 2. The number of piperazine rings is 1. The molecule has 0 aliphatic carbocycles. The Balaban J connectivity index is 1.82. The molecule has 1 aliphatic heterocycles. The number of benzene rings is 1. The number of nitrogens with one attached hydrogen (secondary N) is 1. The van der Waals surface area contributed by atoms with Gasteiger partial charge >= 0.3 is 0 Å². The molecule has 0 spiro atoms. The lowest BCUT2D eigenvalue weighted by molar-refractivity contribution is -0.137. The van der Waals surface area contributed by atoms with Gasteiger partial charge in [0.2, 0.25) is 11.8 Å². The van der Waals surface area contributed by atoms with Gasteiger partial charge in [-0.05, 0) is 19.2 Å². The van der Waals surface area contributed by atoms with E-state index in [-0.39, 0.29) is 36.7 Å². The van der Waals surface area contributed by atoms with Crippen molar-refractivity contribution in [1.29, 1.82) is 0 Å². The van der Waals surface area contributed by atoms with Gasteiger partial charge in [-0.1, -0.05) is 6.07 Å². The van der Waals surface area contributed by atoms with Gasteiger partial charge in [0.25, 0.3) is 0 Å². The summed E-state index contributed by atoms with van der Waals surface area (Å²) in [6.07, 6.45) is 0.195. The SMILES string of the molecule is CNC(=O)[C@@H]1CN(C(=O)CCOc2cccc(F)c2)CCN1C.